The Morgan fingerprint density at radius 1 is 1.13 bits per heavy atom. The zero-order valence-corrected chi connectivity index (χ0v) is 16.4. The van der Waals surface area contributed by atoms with E-state index in [9.17, 15) is 18.0 Å². The topological polar surface area (TPSA) is 79.4 Å². The third kappa shape index (κ3) is 4.68. The molecule has 0 unspecified atom stereocenters. The SMILES string of the molecule is CN1CCOc2cc(NC(=O)c3cccc(Nc4nccc(C(F)(F)F)n4)c3)ccc21. The molecule has 1 aliphatic heterocycles. The van der Waals surface area contributed by atoms with Crippen LogP contribution in [0.5, 0.6) is 5.75 Å². The van der Waals surface area contributed by atoms with Crippen molar-refractivity contribution in [1.29, 1.82) is 0 Å². The van der Waals surface area contributed by atoms with Gasteiger partial charge in [-0.15, -0.1) is 0 Å². The fraction of sp³-hybridized carbons (Fsp3) is 0.190. The standard InChI is InChI=1S/C21H18F3N5O2/c1-29-9-10-31-17-12-15(5-6-16(17)29)26-19(30)13-3-2-4-14(11-13)27-20-25-8-7-18(28-20)21(22,23)24/h2-8,11-12H,9-10H2,1H3,(H,26,30)(H,25,27,28). The van der Waals surface area contributed by atoms with Crippen LogP contribution in [0.15, 0.2) is 54.7 Å². The maximum absolute atomic E-state index is 12.8. The number of hydrogen-bond donors (Lipinski definition) is 2. The molecule has 10 heteroatoms. The summed E-state index contributed by atoms with van der Waals surface area (Å²) in [7, 11) is 1.96. The van der Waals surface area contributed by atoms with Crippen molar-refractivity contribution in [2.24, 2.45) is 0 Å². The number of likely N-dealkylation sites (N-methyl/N-ethyl adjacent to an activating group) is 1. The largest absolute Gasteiger partial charge is 0.489 e. The Morgan fingerprint density at radius 3 is 2.77 bits per heavy atom. The normalized spacial score (nSPS) is 13.2. The molecule has 3 aromatic rings. The number of hydrogen-bond acceptors (Lipinski definition) is 6. The minimum absolute atomic E-state index is 0.219. The second kappa shape index (κ2) is 8.13. The Kier molecular flexibility index (Phi) is 5.37. The van der Waals surface area contributed by atoms with E-state index < -0.39 is 11.9 Å². The van der Waals surface area contributed by atoms with E-state index in [0.717, 1.165) is 24.5 Å². The number of nitrogens with zero attached hydrogens (tertiary/aromatic N) is 3. The van der Waals surface area contributed by atoms with Gasteiger partial charge in [0.2, 0.25) is 5.95 Å². The maximum atomic E-state index is 12.8. The Bertz CT molecular complexity index is 1120. The number of aromatic nitrogens is 2. The van der Waals surface area contributed by atoms with Gasteiger partial charge in [-0.2, -0.15) is 13.2 Å². The van der Waals surface area contributed by atoms with Crippen LogP contribution < -0.4 is 20.3 Å². The number of halogens is 3. The lowest BCUT2D eigenvalue weighted by atomic mass is 10.1. The van der Waals surface area contributed by atoms with Crippen LogP contribution >= 0.6 is 0 Å². The molecule has 2 aromatic carbocycles. The number of fused-ring (bicyclic) bond motifs is 1. The number of benzene rings is 2. The molecule has 0 bridgehead atoms. The van der Waals surface area contributed by atoms with Crippen molar-refractivity contribution in [1.82, 2.24) is 9.97 Å². The van der Waals surface area contributed by atoms with Gasteiger partial charge in [-0.1, -0.05) is 6.07 Å². The molecule has 0 saturated carbocycles. The van der Waals surface area contributed by atoms with Crippen molar-refractivity contribution in [3.05, 3.63) is 66.0 Å². The Hall–Kier alpha value is -3.82. The molecule has 0 saturated heterocycles. The van der Waals surface area contributed by atoms with Crippen LogP contribution in [0, 0.1) is 0 Å². The second-order valence-corrected chi connectivity index (χ2v) is 6.88. The van der Waals surface area contributed by atoms with Crippen molar-refractivity contribution in [2.75, 3.05) is 35.7 Å². The van der Waals surface area contributed by atoms with E-state index in [4.69, 9.17) is 4.74 Å². The predicted molar refractivity (Wildman–Crippen MR) is 110 cm³/mol. The highest BCUT2D eigenvalue weighted by Gasteiger charge is 2.32. The number of alkyl halides is 3. The molecule has 160 valence electrons. The average Bonchev–Trinajstić information content (AvgIpc) is 2.74. The van der Waals surface area contributed by atoms with Crippen LogP contribution in [0.4, 0.5) is 36.2 Å². The Balaban J connectivity index is 1.49. The van der Waals surface area contributed by atoms with E-state index in [0.29, 0.717) is 29.3 Å². The van der Waals surface area contributed by atoms with Crippen molar-refractivity contribution in [3.63, 3.8) is 0 Å². The summed E-state index contributed by atoms with van der Waals surface area (Å²) in [6.07, 6.45) is -3.56. The molecule has 0 aliphatic carbocycles. The smallest absolute Gasteiger partial charge is 0.433 e. The Labute approximate surface area is 175 Å². The van der Waals surface area contributed by atoms with Gasteiger partial charge < -0.3 is 20.3 Å². The highest BCUT2D eigenvalue weighted by atomic mass is 19.4. The van der Waals surface area contributed by atoms with Gasteiger partial charge in [0.1, 0.15) is 18.1 Å². The minimum Gasteiger partial charge on any atom is -0.489 e. The Morgan fingerprint density at radius 2 is 1.97 bits per heavy atom. The van der Waals surface area contributed by atoms with Crippen molar-refractivity contribution in [2.45, 2.75) is 6.18 Å². The summed E-state index contributed by atoms with van der Waals surface area (Å²) >= 11 is 0. The third-order valence-corrected chi connectivity index (χ3v) is 4.64. The van der Waals surface area contributed by atoms with Crippen molar-refractivity contribution in [3.8, 4) is 5.75 Å². The van der Waals surface area contributed by atoms with Gasteiger partial charge in [-0.25, -0.2) is 9.97 Å². The summed E-state index contributed by atoms with van der Waals surface area (Å²) in [6, 6.07) is 12.5. The maximum Gasteiger partial charge on any atom is 0.433 e. The van der Waals surface area contributed by atoms with Gasteiger partial charge >= 0.3 is 6.18 Å². The first-order valence-electron chi connectivity index (χ1n) is 9.36. The lowest BCUT2D eigenvalue weighted by Gasteiger charge is -2.27. The first-order valence-corrected chi connectivity index (χ1v) is 9.36. The van der Waals surface area contributed by atoms with Crippen LogP contribution in [0.2, 0.25) is 0 Å². The minimum atomic E-state index is -4.57. The molecule has 7 nitrogen and oxygen atoms in total. The molecule has 0 radical (unpaired) electrons. The quantitative estimate of drug-likeness (QED) is 0.643. The van der Waals surface area contributed by atoms with Crippen molar-refractivity contribution >= 4 is 28.9 Å². The second-order valence-electron chi connectivity index (χ2n) is 6.88. The zero-order valence-electron chi connectivity index (χ0n) is 16.4. The lowest BCUT2D eigenvalue weighted by molar-refractivity contribution is -0.141. The van der Waals surface area contributed by atoms with Gasteiger partial charge in [0.25, 0.3) is 5.91 Å². The summed E-state index contributed by atoms with van der Waals surface area (Å²) in [6.45, 7) is 1.35. The predicted octanol–water partition coefficient (Wildman–Crippen LogP) is 4.32. The van der Waals surface area contributed by atoms with Crippen molar-refractivity contribution < 1.29 is 22.7 Å². The molecule has 31 heavy (non-hydrogen) atoms. The third-order valence-electron chi connectivity index (χ3n) is 4.64. The highest BCUT2D eigenvalue weighted by molar-refractivity contribution is 6.05. The molecule has 1 aliphatic rings. The van der Waals surface area contributed by atoms with Gasteiger partial charge in [-0.3, -0.25) is 4.79 Å². The monoisotopic (exact) mass is 429 g/mol. The molecule has 1 amide bonds. The number of rotatable bonds is 4. The van der Waals surface area contributed by atoms with Gasteiger partial charge in [0.15, 0.2) is 0 Å². The molecule has 2 heterocycles. The highest BCUT2D eigenvalue weighted by Crippen LogP contribution is 2.33. The fourth-order valence-electron chi connectivity index (χ4n) is 3.08. The number of carbonyl (C=O) groups excluding carboxylic acids is 1. The molecule has 0 atom stereocenters. The summed E-state index contributed by atoms with van der Waals surface area (Å²) in [5, 5.41) is 5.49. The molecule has 0 spiro atoms. The molecule has 4 rings (SSSR count). The van der Waals surface area contributed by atoms with E-state index in [2.05, 4.69) is 25.5 Å². The summed E-state index contributed by atoms with van der Waals surface area (Å²) in [4.78, 5) is 22.0. The van der Waals surface area contributed by atoms with Crippen LogP contribution in [0.25, 0.3) is 0 Å². The van der Waals surface area contributed by atoms with E-state index in [1.807, 2.05) is 13.1 Å². The van der Waals surface area contributed by atoms with E-state index in [1.165, 1.54) is 6.07 Å². The molecular weight excluding hydrogens is 411 g/mol. The molecule has 2 N–H and O–H groups in total. The van der Waals surface area contributed by atoms with E-state index >= 15 is 0 Å². The number of amides is 1. The molecule has 0 fully saturated rings. The van der Waals surface area contributed by atoms with Crippen LogP contribution in [0.1, 0.15) is 16.1 Å². The molecule has 1 aromatic heterocycles. The van der Waals surface area contributed by atoms with Gasteiger partial charge in [-0.05, 0) is 36.4 Å². The number of carbonyl (C=O) groups is 1. The fourth-order valence-corrected chi connectivity index (χ4v) is 3.08. The average molecular weight is 429 g/mol. The van der Waals surface area contributed by atoms with Crippen LogP contribution in [0.3, 0.4) is 0 Å². The first-order chi connectivity index (χ1) is 14.8. The number of nitrogens with one attached hydrogen (secondary N) is 2. The van der Waals surface area contributed by atoms with Gasteiger partial charge in [0, 0.05) is 36.2 Å². The summed E-state index contributed by atoms with van der Waals surface area (Å²) in [5.41, 5.74) is 1.14. The number of anilines is 4. The van der Waals surface area contributed by atoms with E-state index in [1.54, 1.807) is 30.3 Å². The summed E-state index contributed by atoms with van der Waals surface area (Å²) < 4.78 is 44.1. The lowest BCUT2D eigenvalue weighted by Crippen LogP contribution is -2.28. The summed E-state index contributed by atoms with van der Waals surface area (Å²) in [5.74, 6) is 0.0877. The zero-order chi connectivity index (χ0) is 22.0. The van der Waals surface area contributed by atoms with Gasteiger partial charge in [0.05, 0.1) is 12.2 Å². The number of ether oxygens (including phenoxy) is 1. The first kappa shape index (κ1) is 20.5. The van der Waals surface area contributed by atoms with Crippen LogP contribution in [-0.4, -0.2) is 36.1 Å². The molecular formula is C21H18F3N5O2. The van der Waals surface area contributed by atoms with E-state index in [-0.39, 0.29) is 11.9 Å². The van der Waals surface area contributed by atoms with Crippen LogP contribution in [-0.2, 0) is 6.18 Å².